The SMILES string of the molecule is COc1ccc2c(c1)C1(CCN(C(=O)c3cccc(Cl)c3)C1)C(=O)N2. The van der Waals surface area contributed by atoms with Crippen molar-refractivity contribution in [3.63, 3.8) is 0 Å². The van der Waals surface area contributed by atoms with Crippen molar-refractivity contribution in [2.24, 2.45) is 0 Å². The molecule has 1 unspecified atom stereocenters. The Balaban J connectivity index is 1.66. The molecule has 2 aromatic carbocycles. The minimum Gasteiger partial charge on any atom is -0.497 e. The molecule has 0 aliphatic carbocycles. The third-order valence-corrected chi connectivity index (χ3v) is 5.29. The van der Waals surface area contributed by atoms with Crippen molar-refractivity contribution in [3.05, 3.63) is 58.6 Å². The monoisotopic (exact) mass is 356 g/mol. The van der Waals surface area contributed by atoms with Gasteiger partial charge in [0.15, 0.2) is 0 Å². The van der Waals surface area contributed by atoms with Crippen molar-refractivity contribution >= 4 is 29.1 Å². The van der Waals surface area contributed by atoms with Gasteiger partial charge in [0.05, 0.1) is 12.5 Å². The second-order valence-electron chi connectivity index (χ2n) is 6.43. The minimum absolute atomic E-state index is 0.0582. The number of anilines is 1. The summed E-state index contributed by atoms with van der Waals surface area (Å²) >= 11 is 5.99. The Kier molecular flexibility index (Phi) is 3.69. The summed E-state index contributed by atoms with van der Waals surface area (Å²) in [6.07, 6.45) is 0.589. The van der Waals surface area contributed by atoms with Gasteiger partial charge in [0.2, 0.25) is 5.91 Å². The number of carbonyl (C=O) groups is 2. The number of ether oxygens (including phenoxy) is 1. The van der Waals surface area contributed by atoms with E-state index in [0.29, 0.717) is 35.8 Å². The summed E-state index contributed by atoms with van der Waals surface area (Å²) in [4.78, 5) is 27.2. The molecule has 25 heavy (non-hydrogen) atoms. The van der Waals surface area contributed by atoms with Crippen LogP contribution in [0.1, 0.15) is 22.3 Å². The topological polar surface area (TPSA) is 58.6 Å². The van der Waals surface area contributed by atoms with Crippen molar-refractivity contribution in [2.75, 3.05) is 25.5 Å². The van der Waals surface area contributed by atoms with Crippen LogP contribution in [0.3, 0.4) is 0 Å². The highest BCUT2D eigenvalue weighted by molar-refractivity contribution is 6.31. The molecule has 2 heterocycles. The van der Waals surface area contributed by atoms with Gasteiger partial charge < -0.3 is 15.0 Å². The van der Waals surface area contributed by atoms with Crippen LogP contribution >= 0.6 is 11.6 Å². The zero-order valence-corrected chi connectivity index (χ0v) is 14.5. The molecule has 0 saturated carbocycles. The summed E-state index contributed by atoms with van der Waals surface area (Å²) in [7, 11) is 1.60. The average Bonchev–Trinajstić information content (AvgIpc) is 3.18. The van der Waals surface area contributed by atoms with Crippen LogP contribution in [0.4, 0.5) is 5.69 Å². The normalized spacial score (nSPS) is 21.4. The summed E-state index contributed by atoms with van der Waals surface area (Å²) in [5.74, 6) is 0.537. The van der Waals surface area contributed by atoms with E-state index in [1.54, 1.807) is 36.3 Å². The van der Waals surface area contributed by atoms with E-state index in [1.165, 1.54) is 0 Å². The highest BCUT2D eigenvalue weighted by atomic mass is 35.5. The third kappa shape index (κ3) is 2.46. The molecule has 2 aliphatic rings. The van der Waals surface area contributed by atoms with Crippen LogP contribution in [0.2, 0.25) is 5.02 Å². The molecule has 0 aromatic heterocycles. The second kappa shape index (κ2) is 5.77. The largest absolute Gasteiger partial charge is 0.497 e. The molecular formula is C19H17ClN2O3. The van der Waals surface area contributed by atoms with Gasteiger partial charge in [-0.1, -0.05) is 17.7 Å². The first-order chi connectivity index (χ1) is 12.0. The number of fused-ring (bicyclic) bond motifs is 2. The van der Waals surface area contributed by atoms with Gasteiger partial charge in [0.25, 0.3) is 5.91 Å². The maximum absolute atomic E-state index is 12.8. The Labute approximate surface area is 150 Å². The molecule has 1 fully saturated rings. The second-order valence-corrected chi connectivity index (χ2v) is 6.87. The lowest BCUT2D eigenvalue weighted by Gasteiger charge is -2.23. The number of amides is 2. The molecule has 1 saturated heterocycles. The Morgan fingerprint density at radius 3 is 2.88 bits per heavy atom. The van der Waals surface area contributed by atoms with E-state index in [-0.39, 0.29) is 11.8 Å². The number of methoxy groups -OCH3 is 1. The van der Waals surface area contributed by atoms with E-state index in [9.17, 15) is 9.59 Å². The predicted octanol–water partition coefficient (Wildman–Crippen LogP) is 3.08. The van der Waals surface area contributed by atoms with Gasteiger partial charge in [-0.05, 0) is 48.4 Å². The van der Waals surface area contributed by atoms with Gasteiger partial charge in [-0.15, -0.1) is 0 Å². The number of nitrogens with one attached hydrogen (secondary N) is 1. The summed E-state index contributed by atoms with van der Waals surface area (Å²) in [5.41, 5.74) is 1.52. The molecular weight excluding hydrogens is 340 g/mol. The smallest absolute Gasteiger partial charge is 0.253 e. The predicted molar refractivity (Wildman–Crippen MR) is 95.3 cm³/mol. The summed E-state index contributed by atoms with van der Waals surface area (Å²) in [6, 6.07) is 12.4. The van der Waals surface area contributed by atoms with Gasteiger partial charge in [0, 0.05) is 29.4 Å². The zero-order chi connectivity index (χ0) is 17.6. The molecule has 0 bridgehead atoms. The maximum atomic E-state index is 12.8. The lowest BCUT2D eigenvalue weighted by Crippen LogP contribution is -2.39. The third-order valence-electron chi connectivity index (χ3n) is 5.05. The van der Waals surface area contributed by atoms with Crippen LogP contribution in [-0.2, 0) is 10.2 Å². The van der Waals surface area contributed by atoms with Gasteiger partial charge in [-0.3, -0.25) is 9.59 Å². The van der Waals surface area contributed by atoms with Crippen LogP contribution in [-0.4, -0.2) is 36.9 Å². The lowest BCUT2D eigenvalue weighted by molar-refractivity contribution is -0.120. The summed E-state index contributed by atoms with van der Waals surface area (Å²) in [5, 5.41) is 3.46. The molecule has 1 spiro atoms. The van der Waals surface area contributed by atoms with Gasteiger partial charge in [-0.25, -0.2) is 0 Å². The Morgan fingerprint density at radius 2 is 2.12 bits per heavy atom. The fourth-order valence-electron chi connectivity index (χ4n) is 3.71. The van der Waals surface area contributed by atoms with Crippen molar-refractivity contribution in [1.82, 2.24) is 4.90 Å². The first-order valence-electron chi connectivity index (χ1n) is 8.08. The van der Waals surface area contributed by atoms with E-state index >= 15 is 0 Å². The molecule has 2 amide bonds. The number of carbonyl (C=O) groups excluding carboxylic acids is 2. The molecule has 5 nitrogen and oxygen atoms in total. The number of hydrogen-bond donors (Lipinski definition) is 1. The Bertz CT molecular complexity index is 883. The first-order valence-corrected chi connectivity index (χ1v) is 8.46. The Morgan fingerprint density at radius 1 is 1.28 bits per heavy atom. The van der Waals surface area contributed by atoms with Crippen LogP contribution < -0.4 is 10.1 Å². The van der Waals surface area contributed by atoms with Gasteiger partial charge in [-0.2, -0.15) is 0 Å². The van der Waals surface area contributed by atoms with Crippen LogP contribution in [0.25, 0.3) is 0 Å². The molecule has 0 radical (unpaired) electrons. The average molecular weight is 357 g/mol. The number of hydrogen-bond acceptors (Lipinski definition) is 3. The fourth-order valence-corrected chi connectivity index (χ4v) is 3.90. The molecule has 6 heteroatoms. The van der Waals surface area contributed by atoms with Crippen LogP contribution in [0.15, 0.2) is 42.5 Å². The number of halogens is 1. The number of benzene rings is 2. The summed E-state index contributed by atoms with van der Waals surface area (Å²) in [6.45, 7) is 0.875. The molecule has 4 rings (SSSR count). The van der Waals surface area contributed by atoms with Crippen molar-refractivity contribution in [1.29, 1.82) is 0 Å². The molecule has 1 N–H and O–H groups in total. The van der Waals surface area contributed by atoms with Crippen molar-refractivity contribution in [2.45, 2.75) is 11.8 Å². The van der Waals surface area contributed by atoms with E-state index in [1.807, 2.05) is 18.2 Å². The quantitative estimate of drug-likeness (QED) is 0.899. The van der Waals surface area contributed by atoms with Crippen LogP contribution in [0.5, 0.6) is 5.75 Å². The highest BCUT2D eigenvalue weighted by Gasteiger charge is 2.52. The summed E-state index contributed by atoms with van der Waals surface area (Å²) < 4.78 is 5.30. The van der Waals surface area contributed by atoms with Crippen LogP contribution in [0, 0.1) is 0 Å². The minimum atomic E-state index is -0.710. The maximum Gasteiger partial charge on any atom is 0.253 e. The van der Waals surface area contributed by atoms with E-state index < -0.39 is 5.41 Å². The number of likely N-dealkylation sites (tertiary alicyclic amines) is 1. The van der Waals surface area contributed by atoms with Crippen molar-refractivity contribution in [3.8, 4) is 5.75 Å². The van der Waals surface area contributed by atoms with E-state index in [2.05, 4.69) is 5.32 Å². The number of nitrogens with zero attached hydrogens (tertiary/aromatic N) is 1. The van der Waals surface area contributed by atoms with Gasteiger partial charge >= 0.3 is 0 Å². The molecule has 128 valence electrons. The zero-order valence-electron chi connectivity index (χ0n) is 13.7. The fraction of sp³-hybridized carbons (Fsp3) is 0.263. The lowest BCUT2D eigenvalue weighted by atomic mass is 9.81. The van der Waals surface area contributed by atoms with E-state index in [4.69, 9.17) is 16.3 Å². The standard InChI is InChI=1S/C19H17ClN2O3/c1-25-14-5-6-16-15(10-14)19(18(24)21-16)7-8-22(11-19)17(23)12-3-2-4-13(20)9-12/h2-6,9-10H,7-8,11H2,1H3,(H,21,24). The number of rotatable bonds is 2. The highest BCUT2D eigenvalue weighted by Crippen LogP contribution is 2.45. The van der Waals surface area contributed by atoms with Gasteiger partial charge in [0.1, 0.15) is 5.75 Å². The van der Waals surface area contributed by atoms with Crippen molar-refractivity contribution < 1.29 is 14.3 Å². The molecule has 2 aliphatic heterocycles. The molecule has 2 aromatic rings. The first kappa shape index (κ1) is 16.0. The molecule has 1 atom stereocenters. The Hall–Kier alpha value is -2.53. The van der Waals surface area contributed by atoms with E-state index in [0.717, 1.165) is 11.3 Å².